The topological polar surface area (TPSA) is 49.2 Å². The zero-order valence-electron chi connectivity index (χ0n) is 18.3. The molecule has 0 amide bonds. The van der Waals surface area contributed by atoms with Gasteiger partial charge < -0.3 is 13.9 Å². The van der Waals surface area contributed by atoms with Crippen molar-refractivity contribution in [2.24, 2.45) is 5.41 Å². The second-order valence-electron chi connectivity index (χ2n) is 9.09. The highest BCUT2D eigenvalue weighted by atomic mass is 32.8. The van der Waals surface area contributed by atoms with Gasteiger partial charge in [-0.15, -0.1) is 4.72 Å². The zero-order chi connectivity index (χ0) is 21.3. The Morgan fingerprint density at radius 2 is 1.93 bits per heavy atom. The number of hydrogen-bond donors (Lipinski definition) is 1. The van der Waals surface area contributed by atoms with E-state index in [-0.39, 0.29) is 12.5 Å². The van der Waals surface area contributed by atoms with Gasteiger partial charge in [-0.3, -0.25) is 0 Å². The standard InChI is InChI=1S/C24H31N2O2PS/c1-24(2,3)16-19-17-26(12-11-25-30(27)29-13-14-29)22-10-9-18(15-21(19)22)20-7-5-6-8-23(20)28-4/h5-10,15,17,25H,11-14,16H2,1-4H3. The van der Waals surface area contributed by atoms with Crippen LogP contribution in [0.2, 0.25) is 0 Å². The number of nitrogens with zero attached hydrogens (tertiary/aromatic N) is 1. The maximum atomic E-state index is 12.1. The van der Waals surface area contributed by atoms with Crippen LogP contribution >= 0.6 is 7.12 Å². The molecule has 0 bridgehead atoms. The van der Waals surface area contributed by atoms with E-state index in [0.717, 1.165) is 43.1 Å². The molecule has 160 valence electrons. The average molecular weight is 443 g/mol. The van der Waals surface area contributed by atoms with Gasteiger partial charge in [0.05, 0.1) is 24.6 Å². The highest BCUT2D eigenvalue weighted by Crippen LogP contribution is 2.55. The molecule has 1 aliphatic heterocycles. The van der Waals surface area contributed by atoms with Crippen molar-refractivity contribution in [2.75, 3.05) is 26.0 Å². The summed E-state index contributed by atoms with van der Waals surface area (Å²) in [5.41, 5.74) is 5.08. The third-order valence-electron chi connectivity index (χ3n) is 5.32. The van der Waals surface area contributed by atoms with Gasteiger partial charge >= 0.3 is 0 Å². The van der Waals surface area contributed by atoms with E-state index in [0.29, 0.717) is 0 Å². The Hall–Kier alpha value is -1.52. The lowest BCUT2D eigenvalue weighted by Gasteiger charge is -2.17. The fourth-order valence-electron chi connectivity index (χ4n) is 3.87. The summed E-state index contributed by atoms with van der Waals surface area (Å²) in [5.74, 6) is 0.891. The summed E-state index contributed by atoms with van der Waals surface area (Å²) in [5, 5.41) is 1.29. The van der Waals surface area contributed by atoms with Gasteiger partial charge in [-0.25, -0.2) is 0 Å². The van der Waals surface area contributed by atoms with E-state index in [1.165, 1.54) is 22.0 Å². The number of nitrogens with one attached hydrogen (secondary N) is 1. The van der Waals surface area contributed by atoms with Crippen molar-refractivity contribution < 1.29 is 9.29 Å². The third-order valence-corrected chi connectivity index (χ3v) is 9.94. The number of aromatic nitrogens is 1. The van der Waals surface area contributed by atoms with E-state index >= 15 is 0 Å². The van der Waals surface area contributed by atoms with Crippen molar-refractivity contribution in [1.29, 1.82) is 0 Å². The Kier molecular flexibility index (Phi) is 6.45. The first kappa shape index (κ1) is 21.7. The van der Waals surface area contributed by atoms with Crippen molar-refractivity contribution in [3.63, 3.8) is 0 Å². The molecule has 1 aliphatic rings. The van der Waals surface area contributed by atoms with E-state index < -0.39 is 11.0 Å². The number of ether oxygens (including phenoxy) is 1. The van der Waals surface area contributed by atoms with Crippen molar-refractivity contribution >= 4 is 29.0 Å². The lowest BCUT2D eigenvalue weighted by atomic mass is 9.87. The van der Waals surface area contributed by atoms with Crippen LogP contribution in [0.4, 0.5) is 0 Å². The molecule has 2 heterocycles. The molecule has 0 saturated carbocycles. The monoisotopic (exact) mass is 442 g/mol. The highest BCUT2D eigenvalue weighted by Gasteiger charge is 2.35. The van der Waals surface area contributed by atoms with Gasteiger partial charge in [0, 0.05) is 41.5 Å². The Balaban J connectivity index is 1.67. The maximum Gasteiger partial charge on any atom is 0.143 e. The van der Waals surface area contributed by atoms with Gasteiger partial charge in [-0.2, -0.15) is 0 Å². The molecule has 30 heavy (non-hydrogen) atoms. The summed E-state index contributed by atoms with van der Waals surface area (Å²) in [6.07, 6.45) is 5.61. The summed E-state index contributed by atoms with van der Waals surface area (Å²) in [4.78, 5) is 0. The summed E-state index contributed by atoms with van der Waals surface area (Å²) >= 11 is 0. The first-order valence-corrected chi connectivity index (χ1v) is 14.0. The zero-order valence-corrected chi connectivity index (χ0v) is 20.0. The molecule has 0 spiro atoms. The SMILES string of the molecule is COc1ccccc1-c1ccc2c(c1)c(CC(C)(C)C)cn2CCN[S+]([O-])P1CC1. The van der Waals surface area contributed by atoms with Crippen molar-refractivity contribution in [2.45, 2.75) is 33.7 Å². The van der Waals surface area contributed by atoms with E-state index in [2.05, 4.69) is 66.6 Å². The number of fused-ring (bicyclic) bond motifs is 1. The quantitative estimate of drug-likeness (QED) is 0.367. The largest absolute Gasteiger partial charge is 0.596 e. The molecule has 6 heteroatoms. The number of rotatable bonds is 8. The van der Waals surface area contributed by atoms with Gasteiger partial charge in [0.15, 0.2) is 0 Å². The molecule has 0 radical (unpaired) electrons. The highest BCUT2D eigenvalue weighted by molar-refractivity contribution is 8.51. The molecule has 1 unspecified atom stereocenters. The lowest BCUT2D eigenvalue weighted by Crippen LogP contribution is -2.24. The molecule has 1 fully saturated rings. The molecule has 1 N–H and O–H groups in total. The lowest BCUT2D eigenvalue weighted by molar-refractivity contribution is 0.412. The summed E-state index contributed by atoms with van der Waals surface area (Å²) in [6, 6.07) is 14.9. The van der Waals surface area contributed by atoms with Crippen LogP contribution in [0.3, 0.4) is 0 Å². The Morgan fingerprint density at radius 1 is 1.17 bits per heavy atom. The van der Waals surface area contributed by atoms with Gasteiger partial charge in [0.2, 0.25) is 0 Å². The second kappa shape index (κ2) is 8.92. The fourth-order valence-corrected chi connectivity index (χ4v) is 7.53. The average Bonchev–Trinajstić information content (AvgIpc) is 3.52. The predicted octanol–water partition coefficient (Wildman–Crippen LogP) is 5.57. The molecule has 4 nitrogen and oxygen atoms in total. The van der Waals surface area contributed by atoms with Gasteiger partial charge in [0.1, 0.15) is 12.9 Å². The van der Waals surface area contributed by atoms with Crippen LogP contribution in [0, 0.1) is 5.41 Å². The smallest absolute Gasteiger partial charge is 0.143 e. The van der Waals surface area contributed by atoms with Gasteiger partial charge in [0.25, 0.3) is 0 Å². The number of methoxy groups -OCH3 is 1. The molecular weight excluding hydrogens is 411 g/mol. The summed E-state index contributed by atoms with van der Waals surface area (Å²) in [6.45, 7) is 8.40. The molecule has 1 saturated heterocycles. The first-order valence-electron chi connectivity index (χ1n) is 10.5. The minimum absolute atomic E-state index is 0.202. The van der Waals surface area contributed by atoms with Crippen molar-refractivity contribution in [1.82, 2.24) is 9.29 Å². The van der Waals surface area contributed by atoms with Crippen LogP contribution in [0.5, 0.6) is 5.75 Å². The van der Waals surface area contributed by atoms with Crippen LogP contribution in [0.15, 0.2) is 48.7 Å². The van der Waals surface area contributed by atoms with Crippen molar-refractivity contribution in [3.05, 3.63) is 54.2 Å². The molecular formula is C24H31N2O2PS. The Bertz CT molecular complexity index is 1020. The predicted molar refractivity (Wildman–Crippen MR) is 130 cm³/mol. The summed E-state index contributed by atoms with van der Waals surface area (Å²) < 4.78 is 23.3. The maximum absolute atomic E-state index is 12.1. The molecule has 2 aromatic carbocycles. The van der Waals surface area contributed by atoms with E-state index in [4.69, 9.17) is 4.74 Å². The number of hydrogen-bond acceptors (Lipinski definition) is 3. The van der Waals surface area contributed by atoms with Gasteiger partial charge in [-0.1, -0.05) is 45.0 Å². The minimum atomic E-state index is -0.822. The molecule has 4 rings (SSSR count). The molecule has 3 aromatic rings. The first-order chi connectivity index (χ1) is 14.4. The second-order valence-corrected chi connectivity index (χ2v) is 14.3. The van der Waals surface area contributed by atoms with Crippen LogP contribution in [0.1, 0.15) is 26.3 Å². The molecule has 0 aliphatic carbocycles. The number of para-hydroxylation sites is 1. The summed E-state index contributed by atoms with van der Waals surface area (Å²) in [7, 11) is 0.664. The van der Waals surface area contributed by atoms with Crippen LogP contribution in [0.25, 0.3) is 22.0 Å². The van der Waals surface area contributed by atoms with Crippen molar-refractivity contribution in [3.8, 4) is 16.9 Å². The third kappa shape index (κ3) is 5.03. The van der Waals surface area contributed by atoms with E-state index in [1.807, 2.05) is 12.1 Å². The Labute approximate surface area is 183 Å². The van der Waals surface area contributed by atoms with Gasteiger partial charge in [-0.05, 0) is 41.2 Å². The Morgan fingerprint density at radius 3 is 2.63 bits per heavy atom. The fraction of sp³-hybridized carbons (Fsp3) is 0.417. The van der Waals surface area contributed by atoms with Crippen LogP contribution in [-0.4, -0.2) is 35.1 Å². The normalized spacial score (nSPS) is 15.5. The van der Waals surface area contributed by atoms with E-state index in [1.54, 1.807) is 7.11 Å². The van der Waals surface area contributed by atoms with Crippen LogP contribution in [-0.2, 0) is 23.9 Å². The minimum Gasteiger partial charge on any atom is -0.596 e. The van der Waals surface area contributed by atoms with E-state index in [9.17, 15) is 4.55 Å². The number of benzene rings is 2. The molecule has 1 aromatic heterocycles. The molecule has 1 atom stereocenters. The van der Waals surface area contributed by atoms with Crippen LogP contribution < -0.4 is 9.46 Å².